The van der Waals surface area contributed by atoms with Crippen molar-refractivity contribution in [1.82, 2.24) is 0 Å². The molecule has 3 aromatic carbocycles. The fourth-order valence-electron chi connectivity index (χ4n) is 4.08. The summed E-state index contributed by atoms with van der Waals surface area (Å²) in [6, 6.07) is 26.6. The zero-order chi connectivity index (χ0) is 24.7. The van der Waals surface area contributed by atoms with Crippen LogP contribution in [0.3, 0.4) is 0 Å². The molecule has 0 fully saturated rings. The Hall–Kier alpha value is -3.27. The molecule has 0 aliphatic rings. The van der Waals surface area contributed by atoms with E-state index in [0.29, 0.717) is 26.2 Å². The molecular formula is C31H38O4. The third-order valence-electron chi connectivity index (χ3n) is 6.02. The fraction of sp³-hybridized carbons (Fsp3) is 0.387. The van der Waals surface area contributed by atoms with Gasteiger partial charge < -0.3 is 14.2 Å². The third-order valence-corrected chi connectivity index (χ3v) is 6.02. The maximum Gasteiger partial charge on any atom is 0.309 e. The van der Waals surface area contributed by atoms with Gasteiger partial charge in [-0.3, -0.25) is 4.79 Å². The van der Waals surface area contributed by atoms with Gasteiger partial charge in [-0.2, -0.15) is 0 Å². The van der Waals surface area contributed by atoms with Gasteiger partial charge in [0.15, 0.2) is 0 Å². The van der Waals surface area contributed by atoms with Crippen LogP contribution in [0.5, 0.6) is 11.5 Å². The second-order valence-electron chi connectivity index (χ2n) is 8.73. The molecule has 0 radical (unpaired) electrons. The van der Waals surface area contributed by atoms with E-state index in [9.17, 15) is 4.79 Å². The molecule has 0 N–H and O–H groups in total. The molecule has 0 aliphatic heterocycles. The number of ether oxygens (including phenoxy) is 3. The van der Waals surface area contributed by atoms with E-state index in [1.54, 1.807) is 0 Å². The van der Waals surface area contributed by atoms with Gasteiger partial charge in [-0.05, 0) is 54.7 Å². The van der Waals surface area contributed by atoms with Crippen LogP contribution < -0.4 is 9.47 Å². The first-order valence-corrected chi connectivity index (χ1v) is 12.8. The topological polar surface area (TPSA) is 44.8 Å². The second kappa shape index (κ2) is 14.9. The van der Waals surface area contributed by atoms with Crippen LogP contribution in [0.1, 0.15) is 49.8 Å². The molecule has 0 saturated carbocycles. The quantitative estimate of drug-likeness (QED) is 0.226. The Bertz CT molecular complexity index is 1000. The number of hydrogen-bond acceptors (Lipinski definition) is 4. The number of carbonyl (C=O) groups is 1. The molecular weight excluding hydrogens is 436 g/mol. The van der Waals surface area contributed by atoms with Crippen LogP contribution in [0.4, 0.5) is 0 Å². The van der Waals surface area contributed by atoms with Gasteiger partial charge in [0, 0.05) is 12.8 Å². The lowest BCUT2D eigenvalue weighted by Crippen LogP contribution is -2.20. The monoisotopic (exact) mass is 474 g/mol. The molecule has 3 aromatic rings. The van der Waals surface area contributed by atoms with Crippen LogP contribution in [-0.4, -0.2) is 25.8 Å². The molecule has 0 saturated heterocycles. The number of unbranched alkanes of at least 4 members (excludes halogenated alkanes) is 1. The van der Waals surface area contributed by atoms with Gasteiger partial charge in [0.05, 0.1) is 25.7 Å². The van der Waals surface area contributed by atoms with E-state index in [4.69, 9.17) is 14.2 Å². The summed E-state index contributed by atoms with van der Waals surface area (Å²) in [6.07, 6.45) is 5.08. The van der Waals surface area contributed by atoms with Crippen molar-refractivity contribution in [2.24, 2.45) is 5.92 Å². The summed E-state index contributed by atoms with van der Waals surface area (Å²) in [7, 11) is 0. The minimum Gasteiger partial charge on any atom is -0.493 e. The van der Waals surface area contributed by atoms with Crippen LogP contribution in [0.15, 0.2) is 78.9 Å². The molecule has 0 aliphatic carbocycles. The lowest BCUT2D eigenvalue weighted by Gasteiger charge is -2.19. The van der Waals surface area contributed by atoms with Gasteiger partial charge in [-0.1, -0.05) is 80.4 Å². The molecule has 35 heavy (non-hydrogen) atoms. The molecule has 3 rings (SSSR count). The van der Waals surface area contributed by atoms with E-state index < -0.39 is 0 Å². The molecule has 0 spiro atoms. The van der Waals surface area contributed by atoms with Crippen molar-refractivity contribution in [3.05, 3.63) is 95.6 Å². The van der Waals surface area contributed by atoms with Gasteiger partial charge >= 0.3 is 5.97 Å². The number of rotatable bonds is 15. The summed E-state index contributed by atoms with van der Waals surface area (Å²) >= 11 is 0. The zero-order valence-electron chi connectivity index (χ0n) is 21.1. The first-order valence-electron chi connectivity index (χ1n) is 12.8. The Balaban J connectivity index is 1.71. The normalized spacial score (nSPS) is 11.6. The summed E-state index contributed by atoms with van der Waals surface area (Å²) in [5.41, 5.74) is 3.47. The Morgan fingerprint density at radius 2 is 1.43 bits per heavy atom. The highest BCUT2D eigenvalue weighted by atomic mass is 16.5. The predicted molar refractivity (Wildman–Crippen MR) is 141 cm³/mol. The first kappa shape index (κ1) is 26.3. The molecule has 0 aromatic heterocycles. The van der Waals surface area contributed by atoms with Crippen LogP contribution >= 0.6 is 0 Å². The van der Waals surface area contributed by atoms with Gasteiger partial charge in [-0.15, -0.1) is 0 Å². The van der Waals surface area contributed by atoms with Crippen molar-refractivity contribution in [2.75, 3.05) is 19.8 Å². The molecule has 0 bridgehead atoms. The summed E-state index contributed by atoms with van der Waals surface area (Å²) in [5.74, 6) is 1.28. The van der Waals surface area contributed by atoms with E-state index in [-0.39, 0.29) is 11.9 Å². The Morgan fingerprint density at radius 3 is 2.03 bits per heavy atom. The van der Waals surface area contributed by atoms with Crippen molar-refractivity contribution in [2.45, 2.75) is 52.4 Å². The SMILES string of the molecule is CCCCC(Cc1cc(OCCc2ccccc2)ccc1OCCc1ccccc1)C(=O)OCC. The number of carbonyl (C=O) groups excluding carboxylic acids is 1. The maximum atomic E-state index is 12.7. The van der Waals surface area contributed by atoms with Crippen molar-refractivity contribution in [3.8, 4) is 11.5 Å². The van der Waals surface area contributed by atoms with Crippen molar-refractivity contribution in [1.29, 1.82) is 0 Å². The fourth-order valence-corrected chi connectivity index (χ4v) is 4.08. The third kappa shape index (κ3) is 9.12. The van der Waals surface area contributed by atoms with Crippen molar-refractivity contribution in [3.63, 3.8) is 0 Å². The molecule has 0 heterocycles. The lowest BCUT2D eigenvalue weighted by molar-refractivity contribution is -0.148. The average molecular weight is 475 g/mol. The minimum atomic E-state index is -0.189. The molecule has 186 valence electrons. The maximum absolute atomic E-state index is 12.7. The second-order valence-corrected chi connectivity index (χ2v) is 8.73. The highest BCUT2D eigenvalue weighted by Crippen LogP contribution is 2.29. The average Bonchev–Trinajstić information content (AvgIpc) is 2.89. The van der Waals surface area contributed by atoms with Gasteiger partial charge in [0.1, 0.15) is 11.5 Å². The number of esters is 1. The van der Waals surface area contributed by atoms with Crippen LogP contribution in [-0.2, 0) is 28.8 Å². The number of benzene rings is 3. The smallest absolute Gasteiger partial charge is 0.309 e. The summed E-state index contributed by atoms with van der Waals surface area (Å²) in [6.45, 7) is 5.55. The Morgan fingerprint density at radius 1 is 0.800 bits per heavy atom. The van der Waals surface area contributed by atoms with Crippen LogP contribution in [0.2, 0.25) is 0 Å². The zero-order valence-corrected chi connectivity index (χ0v) is 21.1. The van der Waals surface area contributed by atoms with Gasteiger partial charge in [0.25, 0.3) is 0 Å². The largest absolute Gasteiger partial charge is 0.493 e. The standard InChI is InChI=1S/C31H38O4/c1-3-5-16-27(31(32)33-4-2)23-28-24-29(34-21-19-25-12-8-6-9-13-25)17-18-30(28)35-22-20-26-14-10-7-11-15-26/h6-15,17-18,24,27H,3-5,16,19-23H2,1-2H3. The summed E-state index contributed by atoms with van der Waals surface area (Å²) < 4.78 is 17.7. The van der Waals surface area contributed by atoms with Gasteiger partial charge in [-0.25, -0.2) is 0 Å². The van der Waals surface area contributed by atoms with E-state index in [0.717, 1.165) is 49.2 Å². The number of hydrogen-bond donors (Lipinski definition) is 0. The minimum absolute atomic E-state index is 0.133. The van der Waals surface area contributed by atoms with E-state index in [2.05, 4.69) is 31.2 Å². The van der Waals surface area contributed by atoms with Crippen LogP contribution in [0.25, 0.3) is 0 Å². The summed E-state index contributed by atoms with van der Waals surface area (Å²) in [5, 5.41) is 0. The Kier molecular flexibility index (Phi) is 11.2. The van der Waals surface area contributed by atoms with E-state index in [1.165, 1.54) is 11.1 Å². The molecule has 4 heteroatoms. The highest BCUT2D eigenvalue weighted by Gasteiger charge is 2.22. The molecule has 1 unspecified atom stereocenters. The molecule has 1 atom stereocenters. The molecule has 0 amide bonds. The van der Waals surface area contributed by atoms with Crippen LogP contribution in [0, 0.1) is 5.92 Å². The van der Waals surface area contributed by atoms with E-state index >= 15 is 0 Å². The van der Waals surface area contributed by atoms with Crippen molar-refractivity contribution < 1.29 is 19.0 Å². The van der Waals surface area contributed by atoms with E-state index in [1.807, 2.05) is 61.5 Å². The van der Waals surface area contributed by atoms with Crippen molar-refractivity contribution >= 4 is 5.97 Å². The lowest BCUT2D eigenvalue weighted by atomic mass is 9.93. The van der Waals surface area contributed by atoms with Gasteiger partial charge in [0.2, 0.25) is 0 Å². The highest BCUT2D eigenvalue weighted by molar-refractivity contribution is 5.73. The Labute approximate surface area is 210 Å². The molecule has 4 nitrogen and oxygen atoms in total. The summed E-state index contributed by atoms with van der Waals surface area (Å²) in [4.78, 5) is 12.7. The predicted octanol–water partition coefficient (Wildman–Crippen LogP) is 6.84. The first-order chi connectivity index (χ1) is 17.2.